The lowest BCUT2D eigenvalue weighted by atomic mass is 9.58. The van der Waals surface area contributed by atoms with Gasteiger partial charge < -0.3 is 14.8 Å². The molecule has 2 amide bonds. The van der Waals surface area contributed by atoms with Crippen LogP contribution in [0.4, 0.5) is 0 Å². The standard InChI is InChI=1S/C29H32BNO5/c1-3-19-16-23-27(29(34)31(2)28(23)33)24-17-30(35)36-25(26(19)24)14-11-21(20-7-5-4-6-8-20)15-18-9-12-22(32)13-10-18/h4-10,12-13,15,23-25,27,32,35H,3,11,14,16-17H2,1-2H3/b21-15-/t23-,24+,25-,27-/m1/s1. The molecule has 2 aliphatic heterocycles. The molecule has 0 spiro atoms. The minimum atomic E-state index is -0.962. The first-order chi connectivity index (χ1) is 17.4. The van der Waals surface area contributed by atoms with E-state index >= 15 is 0 Å². The van der Waals surface area contributed by atoms with Gasteiger partial charge in [0.2, 0.25) is 11.8 Å². The molecule has 0 saturated carbocycles. The number of hydrogen-bond donors (Lipinski definition) is 2. The molecule has 3 aliphatic rings. The SMILES string of the molecule is CCC1=C2[C@@H](CC/C(=C/c3ccc(O)cc3)c3ccccc3)OB(O)C[C@@H]2[C@@H]2C(=O)N(C)C(=O)[C@@H]2C1. The smallest absolute Gasteiger partial charge is 0.455 e. The Morgan fingerprint density at radius 3 is 2.50 bits per heavy atom. The molecular formula is C29H32BNO5. The van der Waals surface area contributed by atoms with Crippen LogP contribution in [0.3, 0.4) is 0 Å². The summed E-state index contributed by atoms with van der Waals surface area (Å²) in [6.07, 6.45) is 4.90. The van der Waals surface area contributed by atoms with Gasteiger partial charge in [0, 0.05) is 7.05 Å². The fourth-order valence-corrected chi connectivity index (χ4v) is 6.27. The van der Waals surface area contributed by atoms with E-state index in [0.29, 0.717) is 25.6 Å². The molecule has 0 bridgehead atoms. The predicted octanol–water partition coefficient (Wildman–Crippen LogP) is 4.55. The van der Waals surface area contributed by atoms with Gasteiger partial charge in [-0.05, 0) is 72.3 Å². The van der Waals surface area contributed by atoms with E-state index in [2.05, 4.69) is 25.1 Å². The largest absolute Gasteiger partial charge is 0.508 e. The molecule has 2 heterocycles. The van der Waals surface area contributed by atoms with E-state index in [4.69, 9.17) is 4.65 Å². The molecule has 2 aromatic carbocycles. The molecule has 5 rings (SSSR count). The number of allylic oxidation sites excluding steroid dienone is 2. The molecule has 1 aliphatic carbocycles. The second-order valence-electron chi connectivity index (χ2n) is 10.1. The van der Waals surface area contributed by atoms with Crippen molar-refractivity contribution in [2.24, 2.45) is 17.8 Å². The van der Waals surface area contributed by atoms with Crippen molar-refractivity contribution in [1.82, 2.24) is 4.90 Å². The minimum absolute atomic E-state index is 0.101. The molecule has 2 fully saturated rings. The van der Waals surface area contributed by atoms with Crippen molar-refractivity contribution >= 4 is 30.6 Å². The molecule has 0 unspecified atom stereocenters. The molecule has 0 radical (unpaired) electrons. The molecule has 186 valence electrons. The number of nitrogens with zero attached hydrogens (tertiary/aromatic N) is 1. The summed E-state index contributed by atoms with van der Waals surface area (Å²) in [5.41, 5.74) is 5.53. The average Bonchev–Trinajstić information content (AvgIpc) is 3.11. The van der Waals surface area contributed by atoms with E-state index in [1.54, 1.807) is 19.2 Å². The Balaban J connectivity index is 1.46. The molecule has 4 atom stereocenters. The molecule has 0 aromatic heterocycles. The third-order valence-corrected chi connectivity index (χ3v) is 8.01. The quantitative estimate of drug-likeness (QED) is 0.271. The van der Waals surface area contributed by atoms with Crippen LogP contribution < -0.4 is 0 Å². The Bertz CT molecular complexity index is 1210. The molecular weight excluding hydrogens is 453 g/mol. The zero-order valence-electron chi connectivity index (χ0n) is 20.8. The van der Waals surface area contributed by atoms with E-state index < -0.39 is 13.0 Å². The van der Waals surface area contributed by atoms with Gasteiger partial charge in [-0.15, -0.1) is 0 Å². The van der Waals surface area contributed by atoms with Gasteiger partial charge in [-0.1, -0.05) is 61.0 Å². The van der Waals surface area contributed by atoms with Crippen molar-refractivity contribution < 1.29 is 24.4 Å². The number of fused-ring (bicyclic) bond motifs is 3. The number of phenolic OH excluding ortho intramolecular Hbond substituents is 1. The zero-order chi connectivity index (χ0) is 25.4. The van der Waals surface area contributed by atoms with Gasteiger partial charge in [-0.25, -0.2) is 0 Å². The van der Waals surface area contributed by atoms with Crippen molar-refractivity contribution in [2.45, 2.75) is 45.0 Å². The predicted molar refractivity (Wildman–Crippen MR) is 139 cm³/mol. The lowest BCUT2D eigenvalue weighted by Crippen LogP contribution is -2.46. The van der Waals surface area contributed by atoms with Crippen molar-refractivity contribution in [3.8, 4) is 5.75 Å². The molecule has 2 aromatic rings. The number of aromatic hydroxyl groups is 1. The third-order valence-electron chi connectivity index (χ3n) is 8.01. The average molecular weight is 485 g/mol. The van der Waals surface area contributed by atoms with Crippen molar-refractivity contribution in [3.05, 3.63) is 76.9 Å². The number of carbonyl (C=O) groups excluding carboxylic acids is 2. The maximum atomic E-state index is 13.0. The van der Waals surface area contributed by atoms with Crippen LogP contribution >= 0.6 is 0 Å². The highest BCUT2D eigenvalue weighted by Gasteiger charge is 2.56. The van der Waals surface area contributed by atoms with Crippen LogP contribution in [-0.2, 0) is 14.2 Å². The summed E-state index contributed by atoms with van der Waals surface area (Å²) in [6.45, 7) is 2.09. The maximum Gasteiger partial charge on any atom is 0.455 e. The normalized spacial score (nSPS) is 26.4. The first-order valence-electron chi connectivity index (χ1n) is 12.8. The molecule has 6 nitrogen and oxygen atoms in total. The maximum absolute atomic E-state index is 13.0. The Morgan fingerprint density at radius 1 is 1.08 bits per heavy atom. The topological polar surface area (TPSA) is 87.1 Å². The van der Waals surface area contributed by atoms with Crippen LogP contribution in [0.1, 0.15) is 43.7 Å². The summed E-state index contributed by atoms with van der Waals surface area (Å²) in [5.74, 6) is -0.913. The van der Waals surface area contributed by atoms with E-state index in [0.717, 1.165) is 28.7 Å². The second kappa shape index (κ2) is 10.1. The van der Waals surface area contributed by atoms with Gasteiger partial charge >= 0.3 is 7.12 Å². The number of hydrogen-bond acceptors (Lipinski definition) is 5. The van der Waals surface area contributed by atoms with Crippen LogP contribution in [0, 0.1) is 17.8 Å². The minimum Gasteiger partial charge on any atom is -0.508 e. The van der Waals surface area contributed by atoms with Crippen molar-refractivity contribution in [2.75, 3.05) is 7.05 Å². The summed E-state index contributed by atoms with van der Waals surface area (Å²) in [4.78, 5) is 27.1. The third kappa shape index (κ3) is 4.53. The van der Waals surface area contributed by atoms with E-state index in [1.807, 2.05) is 30.3 Å². The molecule has 2 saturated heterocycles. The van der Waals surface area contributed by atoms with E-state index in [-0.39, 0.29) is 35.5 Å². The van der Waals surface area contributed by atoms with Crippen LogP contribution in [-0.4, -0.2) is 47.1 Å². The summed E-state index contributed by atoms with van der Waals surface area (Å²) in [6, 6.07) is 17.3. The molecule has 36 heavy (non-hydrogen) atoms. The van der Waals surface area contributed by atoms with Gasteiger partial charge in [0.15, 0.2) is 0 Å². The zero-order valence-corrected chi connectivity index (χ0v) is 20.8. The summed E-state index contributed by atoms with van der Waals surface area (Å²) >= 11 is 0. The fraction of sp³-hybridized carbons (Fsp3) is 0.379. The van der Waals surface area contributed by atoms with Gasteiger partial charge in [0.25, 0.3) is 0 Å². The summed E-state index contributed by atoms with van der Waals surface area (Å²) in [5, 5.41) is 20.3. The number of imide groups is 1. The van der Waals surface area contributed by atoms with Crippen LogP contribution in [0.2, 0.25) is 6.32 Å². The first-order valence-corrected chi connectivity index (χ1v) is 12.8. The number of rotatable bonds is 6. The number of likely N-dealkylation sites (tertiary alicyclic amines) is 1. The van der Waals surface area contributed by atoms with Crippen molar-refractivity contribution in [3.63, 3.8) is 0 Å². The van der Waals surface area contributed by atoms with Gasteiger partial charge in [0.05, 0.1) is 17.9 Å². The highest BCUT2D eigenvalue weighted by atomic mass is 16.5. The van der Waals surface area contributed by atoms with Gasteiger partial charge in [-0.2, -0.15) is 0 Å². The van der Waals surface area contributed by atoms with Crippen LogP contribution in [0.5, 0.6) is 5.75 Å². The van der Waals surface area contributed by atoms with E-state index in [1.165, 1.54) is 10.5 Å². The Morgan fingerprint density at radius 2 is 1.81 bits per heavy atom. The second-order valence-corrected chi connectivity index (χ2v) is 10.1. The van der Waals surface area contributed by atoms with Crippen LogP contribution in [0.25, 0.3) is 11.6 Å². The highest BCUT2D eigenvalue weighted by molar-refractivity contribution is 6.43. The van der Waals surface area contributed by atoms with Crippen molar-refractivity contribution in [1.29, 1.82) is 0 Å². The Kier molecular flexibility index (Phi) is 6.86. The number of benzene rings is 2. The summed E-state index contributed by atoms with van der Waals surface area (Å²) in [7, 11) is 0.609. The van der Waals surface area contributed by atoms with Crippen LogP contribution in [0.15, 0.2) is 65.7 Å². The Hall–Kier alpha value is -3.16. The molecule has 7 heteroatoms. The molecule has 2 N–H and O–H groups in total. The monoisotopic (exact) mass is 485 g/mol. The fourth-order valence-electron chi connectivity index (χ4n) is 6.27. The number of amides is 2. The number of phenols is 1. The highest BCUT2D eigenvalue weighted by Crippen LogP contribution is 2.51. The Labute approximate surface area is 212 Å². The summed E-state index contributed by atoms with van der Waals surface area (Å²) < 4.78 is 6.11. The number of carbonyl (C=O) groups is 2. The van der Waals surface area contributed by atoms with Gasteiger partial charge in [0.1, 0.15) is 5.75 Å². The lowest BCUT2D eigenvalue weighted by Gasteiger charge is -2.43. The van der Waals surface area contributed by atoms with Gasteiger partial charge in [-0.3, -0.25) is 14.5 Å². The van der Waals surface area contributed by atoms with E-state index in [9.17, 15) is 19.7 Å². The lowest BCUT2D eigenvalue weighted by molar-refractivity contribution is -0.138. The first kappa shape index (κ1) is 24.5.